The van der Waals surface area contributed by atoms with Crippen molar-refractivity contribution in [2.24, 2.45) is 0 Å². The molecule has 0 aliphatic carbocycles. The molecule has 196 valence electrons. The third-order valence-electron chi connectivity index (χ3n) is 6.02. The molecule has 4 rings (SSSR count). The van der Waals surface area contributed by atoms with Gasteiger partial charge in [0.1, 0.15) is 17.2 Å². The highest BCUT2D eigenvalue weighted by molar-refractivity contribution is 7.86. The first-order valence-electron chi connectivity index (χ1n) is 11.2. The molecule has 0 aliphatic heterocycles. The summed E-state index contributed by atoms with van der Waals surface area (Å²) >= 11 is 0. The lowest BCUT2D eigenvalue weighted by Crippen LogP contribution is -2.55. The number of halogens is 3. The van der Waals surface area contributed by atoms with Gasteiger partial charge in [-0.3, -0.25) is 9.00 Å². The van der Waals surface area contributed by atoms with Gasteiger partial charge in [0.2, 0.25) is 4.87 Å². The van der Waals surface area contributed by atoms with Gasteiger partial charge in [-0.25, -0.2) is 9.78 Å². The van der Waals surface area contributed by atoms with Gasteiger partial charge in [-0.05, 0) is 30.2 Å². The van der Waals surface area contributed by atoms with Gasteiger partial charge in [0.25, 0.3) is 5.91 Å². The lowest BCUT2D eigenvalue weighted by Gasteiger charge is -2.23. The number of alkyl halides is 3. The average Bonchev–Trinajstić information content (AvgIpc) is 3.34. The summed E-state index contributed by atoms with van der Waals surface area (Å²) in [7, 11) is -1.98. The molecule has 1 aromatic heterocycles. The first kappa shape index (κ1) is 26.8. The fourth-order valence-corrected chi connectivity index (χ4v) is 4.16. The number of carboxylic acids is 1. The Kier molecular flexibility index (Phi) is 7.23. The molecule has 38 heavy (non-hydrogen) atoms. The molecular weight excluding hydrogens is 519 g/mol. The maximum Gasteiger partial charge on any atom is 0.416 e. The summed E-state index contributed by atoms with van der Waals surface area (Å²) < 4.78 is 51.2. The van der Waals surface area contributed by atoms with Gasteiger partial charge in [-0.1, -0.05) is 66.7 Å². The molecule has 1 unspecified atom stereocenters. The first-order chi connectivity index (χ1) is 17.9. The van der Waals surface area contributed by atoms with E-state index in [1.807, 2.05) is 42.5 Å². The minimum Gasteiger partial charge on any atom is -0.479 e. The van der Waals surface area contributed by atoms with Crippen LogP contribution in [0.3, 0.4) is 0 Å². The van der Waals surface area contributed by atoms with Crippen molar-refractivity contribution in [1.82, 2.24) is 15.3 Å². The van der Waals surface area contributed by atoms with Crippen molar-refractivity contribution in [1.29, 1.82) is 0 Å². The van der Waals surface area contributed by atoms with E-state index in [1.165, 1.54) is 12.1 Å². The number of aromatic nitrogens is 2. The van der Waals surface area contributed by atoms with Gasteiger partial charge < -0.3 is 15.4 Å². The van der Waals surface area contributed by atoms with E-state index in [-0.39, 0.29) is 22.8 Å². The highest BCUT2D eigenvalue weighted by Gasteiger charge is 2.40. The molecule has 1 heterocycles. The smallest absolute Gasteiger partial charge is 0.416 e. The number of imidazole rings is 1. The lowest BCUT2D eigenvalue weighted by atomic mass is 10.0. The number of aromatic amines is 1. The number of hydrogen-bond acceptors (Lipinski definition) is 4. The Balaban J connectivity index is 1.78. The normalized spacial score (nSPS) is 13.9. The number of nitrogens with one attached hydrogen (secondary N) is 2. The van der Waals surface area contributed by atoms with Gasteiger partial charge >= 0.3 is 12.1 Å². The topological polar surface area (TPSA) is 112 Å². The lowest BCUT2D eigenvalue weighted by molar-refractivity contribution is -0.140. The number of carboxylic acid groups (broad SMARTS) is 1. The minimum atomic E-state index is -4.52. The van der Waals surface area contributed by atoms with Crippen LogP contribution in [0.2, 0.25) is 0 Å². The number of amides is 1. The summed E-state index contributed by atoms with van der Waals surface area (Å²) in [5.41, 5.74) is 1.81. The van der Waals surface area contributed by atoms with Crippen molar-refractivity contribution < 1.29 is 32.1 Å². The number of benzene rings is 3. The van der Waals surface area contributed by atoms with Crippen molar-refractivity contribution in [2.75, 3.05) is 6.26 Å². The van der Waals surface area contributed by atoms with E-state index in [0.29, 0.717) is 5.56 Å². The third-order valence-corrected chi connectivity index (χ3v) is 7.44. The first-order valence-corrected chi connectivity index (χ1v) is 12.8. The standard InChI is InChI=1S/C27H22F3N3O4S/c1-26(25(35)36,38(2)37)33-24(34)22-21(18-10-8-17(9-11-18)16-6-4-3-5-7-16)31-23(32-22)19-12-14-20(15-13-19)27(28,29)30/h3-15H,1-2H3,(H,31,32)(H,33,34)(H,35,36)/t26?,38-/m1/s1. The summed E-state index contributed by atoms with van der Waals surface area (Å²) in [5, 5.41) is 11.9. The Labute approximate surface area is 218 Å². The Morgan fingerprint density at radius 3 is 1.92 bits per heavy atom. The number of carbonyl (C=O) groups is 2. The summed E-state index contributed by atoms with van der Waals surface area (Å²) in [4.78, 5) is 30.2. The monoisotopic (exact) mass is 541 g/mol. The van der Waals surface area contributed by atoms with Gasteiger partial charge in [0.15, 0.2) is 0 Å². The molecule has 0 saturated carbocycles. The van der Waals surface area contributed by atoms with Crippen LogP contribution in [0.4, 0.5) is 13.2 Å². The van der Waals surface area contributed by atoms with Crippen molar-refractivity contribution in [2.45, 2.75) is 18.0 Å². The molecule has 0 fully saturated rings. The van der Waals surface area contributed by atoms with Gasteiger partial charge in [-0.2, -0.15) is 13.2 Å². The number of hydrogen-bond donors (Lipinski definition) is 3. The molecule has 0 saturated heterocycles. The van der Waals surface area contributed by atoms with E-state index < -0.39 is 39.3 Å². The van der Waals surface area contributed by atoms with Crippen LogP contribution < -0.4 is 5.32 Å². The zero-order valence-corrected chi connectivity index (χ0v) is 21.0. The van der Waals surface area contributed by atoms with Crippen molar-refractivity contribution in [3.63, 3.8) is 0 Å². The Bertz CT molecular complexity index is 1490. The zero-order valence-electron chi connectivity index (χ0n) is 20.2. The molecule has 0 aliphatic rings. The van der Waals surface area contributed by atoms with Crippen molar-refractivity contribution >= 4 is 22.7 Å². The van der Waals surface area contributed by atoms with E-state index in [4.69, 9.17) is 0 Å². The molecule has 2 atom stereocenters. The zero-order chi connectivity index (χ0) is 27.7. The number of nitrogens with zero attached hydrogens (tertiary/aromatic N) is 1. The molecule has 7 nitrogen and oxygen atoms in total. The molecule has 4 aromatic rings. The van der Waals surface area contributed by atoms with E-state index in [1.54, 1.807) is 12.1 Å². The molecule has 11 heteroatoms. The molecule has 1 amide bonds. The van der Waals surface area contributed by atoms with Crippen LogP contribution in [-0.4, -0.2) is 42.3 Å². The van der Waals surface area contributed by atoms with Crippen molar-refractivity contribution in [3.8, 4) is 33.8 Å². The van der Waals surface area contributed by atoms with Gasteiger partial charge in [-0.15, -0.1) is 0 Å². The van der Waals surface area contributed by atoms with Crippen LogP contribution in [0.15, 0.2) is 78.9 Å². The largest absolute Gasteiger partial charge is 0.479 e. The predicted molar refractivity (Wildman–Crippen MR) is 137 cm³/mol. The fourth-order valence-electron chi connectivity index (χ4n) is 3.68. The minimum absolute atomic E-state index is 0.0978. The number of H-pyrrole nitrogens is 1. The number of aliphatic carboxylic acids is 1. The van der Waals surface area contributed by atoms with Crippen LogP contribution in [0, 0.1) is 0 Å². The molecular formula is C27H22F3N3O4S. The SMILES string of the molecule is C[S@@](=O)C(C)(NC(=O)c1[nH]c(-c2ccc(C(F)(F)F)cc2)nc1-c1ccc(-c2ccccc2)cc1)C(=O)O. The maximum atomic E-state index is 13.3. The van der Waals surface area contributed by atoms with Gasteiger partial charge in [0, 0.05) is 17.4 Å². The quantitative estimate of drug-likeness (QED) is 0.293. The fraction of sp³-hybridized carbons (Fsp3) is 0.148. The number of carbonyl (C=O) groups excluding carboxylic acids is 1. The molecule has 3 N–H and O–H groups in total. The van der Waals surface area contributed by atoms with E-state index in [2.05, 4.69) is 15.3 Å². The Hall–Kier alpha value is -4.25. The van der Waals surface area contributed by atoms with Crippen LogP contribution in [0.1, 0.15) is 23.0 Å². The second kappa shape index (κ2) is 10.3. The summed E-state index contributed by atoms with van der Waals surface area (Å²) in [6.07, 6.45) is -3.37. The average molecular weight is 542 g/mol. The highest BCUT2D eigenvalue weighted by atomic mass is 32.2. The van der Waals surface area contributed by atoms with Crippen LogP contribution in [-0.2, 0) is 21.8 Å². The Morgan fingerprint density at radius 2 is 1.39 bits per heavy atom. The maximum absolute atomic E-state index is 13.3. The highest BCUT2D eigenvalue weighted by Crippen LogP contribution is 2.32. The summed E-state index contributed by atoms with van der Waals surface area (Å²) in [5.74, 6) is -2.29. The summed E-state index contributed by atoms with van der Waals surface area (Å²) in [6.45, 7) is 1.12. The van der Waals surface area contributed by atoms with Crippen LogP contribution >= 0.6 is 0 Å². The molecule has 0 radical (unpaired) electrons. The third kappa shape index (κ3) is 5.37. The van der Waals surface area contributed by atoms with Crippen LogP contribution in [0.25, 0.3) is 33.8 Å². The molecule has 0 spiro atoms. The summed E-state index contributed by atoms with van der Waals surface area (Å²) in [6, 6.07) is 20.9. The van der Waals surface area contributed by atoms with Crippen LogP contribution in [0.5, 0.6) is 0 Å². The van der Waals surface area contributed by atoms with Gasteiger partial charge in [0.05, 0.1) is 16.4 Å². The molecule has 0 bridgehead atoms. The second-order valence-electron chi connectivity index (χ2n) is 8.57. The number of rotatable bonds is 7. The van der Waals surface area contributed by atoms with E-state index >= 15 is 0 Å². The Morgan fingerprint density at radius 1 is 0.868 bits per heavy atom. The van der Waals surface area contributed by atoms with E-state index in [0.717, 1.165) is 36.4 Å². The van der Waals surface area contributed by atoms with E-state index in [9.17, 15) is 32.1 Å². The molecule has 3 aromatic carbocycles. The van der Waals surface area contributed by atoms with Crippen molar-refractivity contribution in [3.05, 3.63) is 90.1 Å². The predicted octanol–water partition coefficient (Wildman–Crippen LogP) is 5.34. The second-order valence-corrected chi connectivity index (χ2v) is 10.3.